The van der Waals surface area contributed by atoms with Crippen LogP contribution in [0.5, 0.6) is 0 Å². The molecule has 0 saturated carbocycles. The molecular formula is C14H16F3NO. The third kappa shape index (κ3) is 2.33. The smallest absolute Gasteiger partial charge is 0.332 e. The van der Waals surface area contributed by atoms with E-state index in [0.717, 1.165) is 17.7 Å². The third-order valence-corrected chi connectivity index (χ3v) is 3.55. The van der Waals surface area contributed by atoms with Crippen molar-refractivity contribution in [3.63, 3.8) is 0 Å². The van der Waals surface area contributed by atoms with Crippen molar-refractivity contribution in [2.75, 3.05) is 0 Å². The maximum absolute atomic E-state index is 12.5. The lowest BCUT2D eigenvalue weighted by Gasteiger charge is -2.48. The number of β-lactam (4-membered cyclic amide) rings is 1. The minimum Gasteiger partial charge on any atom is -0.332 e. The van der Waals surface area contributed by atoms with E-state index in [1.165, 1.54) is 12.1 Å². The summed E-state index contributed by atoms with van der Waals surface area (Å²) in [5.41, 5.74) is 0.0967. The Morgan fingerprint density at radius 3 is 2.11 bits per heavy atom. The summed E-state index contributed by atoms with van der Waals surface area (Å²) in [4.78, 5) is 13.5. The average molecular weight is 271 g/mol. The number of nitrogens with zero attached hydrogens (tertiary/aromatic N) is 1. The summed E-state index contributed by atoms with van der Waals surface area (Å²) in [5, 5.41) is 0. The SMILES string of the molecule is CC(C)N1C(=O)[C@H](C)[C@@H]1c1ccc(C(F)(F)F)cc1. The Labute approximate surface area is 110 Å². The van der Waals surface area contributed by atoms with Crippen LogP contribution in [0.2, 0.25) is 0 Å². The van der Waals surface area contributed by atoms with E-state index >= 15 is 0 Å². The van der Waals surface area contributed by atoms with Crippen molar-refractivity contribution in [2.45, 2.75) is 39.0 Å². The van der Waals surface area contributed by atoms with Crippen molar-refractivity contribution in [1.82, 2.24) is 4.90 Å². The van der Waals surface area contributed by atoms with Gasteiger partial charge in [0.2, 0.25) is 5.91 Å². The molecule has 2 atom stereocenters. The summed E-state index contributed by atoms with van der Waals surface area (Å²) in [7, 11) is 0. The lowest BCUT2D eigenvalue weighted by molar-refractivity contribution is -0.159. The van der Waals surface area contributed by atoms with E-state index in [0.29, 0.717) is 0 Å². The zero-order valence-corrected chi connectivity index (χ0v) is 11.0. The number of hydrogen-bond acceptors (Lipinski definition) is 1. The Morgan fingerprint density at radius 1 is 1.16 bits per heavy atom. The van der Waals surface area contributed by atoms with Gasteiger partial charge in [-0.3, -0.25) is 4.79 Å². The number of likely N-dealkylation sites (tertiary alicyclic amines) is 1. The van der Waals surface area contributed by atoms with Crippen molar-refractivity contribution in [1.29, 1.82) is 0 Å². The summed E-state index contributed by atoms with van der Waals surface area (Å²) in [6.07, 6.45) is -4.32. The normalized spacial score (nSPS) is 23.7. The highest BCUT2D eigenvalue weighted by molar-refractivity contribution is 5.86. The van der Waals surface area contributed by atoms with Crippen molar-refractivity contribution in [3.8, 4) is 0 Å². The minimum atomic E-state index is -4.32. The molecule has 0 unspecified atom stereocenters. The molecule has 104 valence electrons. The predicted octanol–water partition coefficient (Wildman–Crippen LogP) is 3.63. The molecule has 0 spiro atoms. The van der Waals surface area contributed by atoms with Gasteiger partial charge >= 0.3 is 6.18 Å². The lowest BCUT2D eigenvalue weighted by atomic mass is 9.82. The largest absolute Gasteiger partial charge is 0.416 e. The molecular weight excluding hydrogens is 255 g/mol. The monoisotopic (exact) mass is 271 g/mol. The number of hydrogen-bond donors (Lipinski definition) is 0. The van der Waals surface area contributed by atoms with Gasteiger partial charge < -0.3 is 4.90 Å². The van der Waals surface area contributed by atoms with E-state index < -0.39 is 11.7 Å². The molecule has 0 bridgehead atoms. The van der Waals surface area contributed by atoms with Gasteiger partial charge in [0.1, 0.15) is 0 Å². The standard InChI is InChI=1S/C14H16F3NO/c1-8(2)18-12(9(3)13(18)19)10-4-6-11(7-5-10)14(15,16)17/h4-9,12H,1-3H3/t9-,12-/m1/s1. The molecule has 1 saturated heterocycles. The van der Waals surface area contributed by atoms with Gasteiger partial charge in [-0.2, -0.15) is 13.2 Å². The highest BCUT2D eigenvalue weighted by Crippen LogP contribution is 2.41. The van der Waals surface area contributed by atoms with E-state index in [1.807, 2.05) is 20.8 Å². The summed E-state index contributed by atoms with van der Waals surface area (Å²) in [6.45, 7) is 5.62. The van der Waals surface area contributed by atoms with Gasteiger partial charge in [-0.25, -0.2) is 0 Å². The van der Waals surface area contributed by atoms with Crippen LogP contribution in [0.15, 0.2) is 24.3 Å². The quantitative estimate of drug-likeness (QED) is 0.752. The first kappa shape index (κ1) is 13.9. The van der Waals surface area contributed by atoms with Gasteiger partial charge in [-0.05, 0) is 31.5 Å². The molecule has 1 aromatic rings. The Bertz CT molecular complexity index is 478. The topological polar surface area (TPSA) is 20.3 Å². The van der Waals surface area contributed by atoms with Crippen LogP contribution in [0.4, 0.5) is 13.2 Å². The molecule has 0 aliphatic carbocycles. The molecule has 0 radical (unpaired) electrons. The van der Waals surface area contributed by atoms with E-state index in [4.69, 9.17) is 0 Å². The summed E-state index contributed by atoms with van der Waals surface area (Å²) >= 11 is 0. The van der Waals surface area contributed by atoms with E-state index in [9.17, 15) is 18.0 Å². The summed E-state index contributed by atoms with van der Waals surface area (Å²) in [6, 6.07) is 5.01. The van der Waals surface area contributed by atoms with Crippen molar-refractivity contribution in [2.24, 2.45) is 5.92 Å². The van der Waals surface area contributed by atoms with E-state index in [1.54, 1.807) is 4.90 Å². The average Bonchev–Trinajstić information content (AvgIpc) is 2.33. The predicted molar refractivity (Wildman–Crippen MR) is 65.3 cm³/mol. The Morgan fingerprint density at radius 2 is 1.68 bits per heavy atom. The first-order valence-electron chi connectivity index (χ1n) is 6.23. The molecule has 0 N–H and O–H groups in total. The Balaban J connectivity index is 2.25. The van der Waals surface area contributed by atoms with Gasteiger partial charge in [0.25, 0.3) is 0 Å². The zero-order chi connectivity index (χ0) is 14.4. The van der Waals surface area contributed by atoms with Gasteiger partial charge in [0.05, 0.1) is 17.5 Å². The molecule has 1 fully saturated rings. The van der Waals surface area contributed by atoms with Gasteiger partial charge in [0, 0.05) is 6.04 Å². The second-order valence-corrected chi connectivity index (χ2v) is 5.19. The fourth-order valence-electron chi connectivity index (χ4n) is 2.56. The number of halogens is 3. The molecule has 1 heterocycles. The molecule has 5 heteroatoms. The maximum Gasteiger partial charge on any atom is 0.416 e. The number of amides is 1. The zero-order valence-electron chi connectivity index (χ0n) is 11.0. The number of rotatable bonds is 2. The molecule has 2 nitrogen and oxygen atoms in total. The van der Waals surface area contributed by atoms with Crippen LogP contribution in [0.3, 0.4) is 0 Å². The van der Waals surface area contributed by atoms with Gasteiger partial charge in [-0.1, -0.05) is 19.1 Å². The van der Waals surface area contributed by atoms with E-state index in [2.05, 4.69) is 0 Å². The number of carbonyl (C=O) groups excluding carboxylic acids is 1. The number of carbonyl (C=O) groups is 1. The van der Waals surface area contributed by atoms with E-state index in [-0.39, 0.29) is 23.9 Å². The maximum atomic E-state index is 12.5. The second kappa shape index (κ2) is 4.54. The molecule has 0 aromatic heterocycles. The molecule has 1 aliphatic heterocycles. The Hall–Kier alpha value is -1.52. The second-order valence-electron chi connectivity index (χ2n) is 5.19. The minimum absolute atomic E-state index is 0.0518. The molecule has 1 aliphatic rings. The molecule has 2 rings (SSSR count). The van der Waals surface area contributed by atoms with Crippen LogP contribution < -0.4 is 0 Å². The van der Waals surface area contributed by atoms with Crippen LogP contribution in [0.1, 0.15) is 37.9 Å². The Kier molecular flexibility index (Phi) is 3.32. The fourth-order valence-corrected chi connectivity index (χ4v) is 2.56. The first-order valence-corrected chi connectivity index (χ1v) is 6.23. The van der Waals surface area contributed by atoms with Crippen LogP contribution >= 0.6 is 0 Å². The number of benzene rings is 1. The number of alkyl halides is 3. The highest BCUT2D eigenvalue weighted by Gasteiger charge is 2.46. The first-order chi connectivity index (χ1) is 8.73. The van der Waals surface area contributed by atoms with Crippen molar-refractivity contribution >= 4 is 5.91 Å². The van der Waals surface area contributed by atoms with Gasteiger partial charge in [0.15, 0.2) is 0 Å². The summed E-state index contributed by atoms with van der Waals surface area (Å²) in [5.74, 6) is -0.112. The van der Waals surface area contributed by atoms with Crippen molar-refractivity contribution in [3.05, 3.63) is 35.4 Å². The van der Waals surface area contributed by atoms with Crippen LogP contribution in [0.25, 0.3) is 0 Å². The van der Waals surface area contributed by atoms with Crippen LogP contribution in [-0.2, 0) is 11.0 Å². The van der Waals surface area contributed by atoms with Crippen molar-refractivity contribution < 1.29 is 18.0 Å². The molecule has 1 aromatic carbocycles. The van der Waals surface area contributed by atoms with Crippen LogP contribution in [0, 0.1) is 5.92 Å². The third-order valence-electron chi connectivity index (χ3n) is 3.55. The molecule has 1 amide bonds. The fraction of sp³-hybridized carbons (Fsp3) is 0.500. The van der Waals surface area contributed by atoms with Gasteiger partial charge in [-0.15, -0.1) is 0 Å². The lowest BCUT2D eigenvalue weighted by Crippen LogP contribution is -2.56. The molecule has 19 heavy (non-hydrogen) atoms. The highest BCUT2D eigenvalue weighted by atomic mass is 19.4. The van der Waals surface area contributed by atoms with Crippen LogP contribution in [-0.4, -0.2) is 16.8 Å². The summed E-state index contributed by atoms with van der Waals surface area (Å²) < 4.78 is 37.5.